The number of nitrogens with zero attached hydrogens (tertiary/aromatic N) is 1. The molecule has 0 aromatic carbocycles. The third-order valence-corrected chi connectivity index (χ3v) is 2.72. The summed E-state index contributed by atoms with van der Waals surface area (Å²) in [5, 5.41) is 9.50. The number of amides is 5. The molecule has 0 fully saturated rings. The third kappa shape index (κ3) is 17.8. The molecular weight excluding hydrogens is 374 g/mol. The van der Waals surface area contributed by atoms with E-state index in [2.05, 4.69) is 30.7 Å². The van der Waals surface area contributed by atoms with Crippen molar-refractivity contribution < 1.29 is 33.4 Å². The van der Waals surface area contributed by atoms with Crippen molar-refractivity contribution >= 4 is 29.9 Å². The van der Waals surface area contributed by atoms with Gasteiger partial charge in [-0.3, -0.25) is 4.79 Å². The zero-order valence-electron chi connectivity index (χ0n) is 18.0. The van der Waals surface area contributed by atoms with Crippen LogP contribution in [0.2, 0.25) is 0 Å². The van der Waals surface area contributed by atoms with Crippen LogP contribution in [0, 0.1) is 0 Å². The maximum atomic E-state index is 10.7. The fraction of sp³-hybridized carbons (Fsp3) is 0.688. The van der Waals surface area contributed by atoms with E-state index in [-0.39, 0.29) is 11.9 Å². The van der Waals surface area contributed by atoms with Gasteiger partial charge < -0.3 is 35.6 Å². The molecule has 0 heterocycles. The van der Waals surface area contributed by atoms with Crippen LogP contribution in [0.15, 0.2) is 0 Å². The third-order valence-electron chi connectivity index (χ3n) is 2.72. The Morgan fingerprint density at radius 2 is 1.18 bits per heavy atom. The normalized spacial score (nSPS) is 10.8. The first-order valence-corrected chi connectivity index (χ1v) is 8.17. The van der Waals surface area contributed by atoms with E-state index in [1.165, 1.54) is 33.1 Å². The lowest BCUT2D eigenvalue weighted by atomic mass is 10.3. The largest absolute Gasteiger partial charge is 0.467 e. The molecule has 0 aliphatic rings. The molecular formula is C16H33N5O7. The molecule has 0 saturated carbocycles. The van der Waals surface area contributed by atoms with Crippen LogP contribution in [-0.2, 0) is 23.9 Å². The molecule has 0 aliphatic heterocycles. The Hall–Kier alpha value is -3.05. The number of nitrogens with one attached hydrogen (secondary N) is 4. The van der Waals surface area contributed by atoms with Crippen molar-refractivity contribution in [3.8, 4) is 0 Å². The number of carbonyl (C=O) groups is 5. The fourth-order valence-electron chi connectivity index (χ4n) is 1.27. The lowest BCUT2D eigenvalue weighted by molar-refractivity contribution is -0.144. The van der Waals surface area contributed by atoms with Gasteiger partial charge in [-0.25, -0.2) is 19.2 Å². The van der Waals surface area contributed by atoms with E-state index in [0.717, 1.165) is 0 Å². The molecule has 0 rings (SSSR count). The van der Waals surface area contributed by atoms with Crippen molar-refractivity contribution in [2.75, 3.05) is 42.4 Å². The van der Waals surface area contributed by atoms with Crippen LogP contribution in [0.4, 0.5) is 9.59 Å². The van der Waals surface area contributed by atoms with Gasteiger partial charge in [0, 0.05) is 35.1 Å². The summed E-state index contributed by atoms with van der Waals surface area (Å²) in [5.41, 5.74) is 0. The summed E-state index contributed by atoms with van der Waals surface area (Å²) in [6, 6.07) is -1.63. The Morgan fingerprint density at radius 3 is 1.39 bits per heavy atom. The van der Waals surface area contributed by atoms with Crippen LogP contribution < -0.4 is 21.3 Å². The van der Waals surface area contributed by atoms with Crippen molar-refractivity contribution in [1.29, 1.82) is 0 Å². The second-order valence-corrected chi connectivity index (χ2v) is 5.36. The number of hydrogen-bond donors (Lipinski definition) is 4. The molecule has 2 unspecified atom stereocenters. The topological polar surface area (TPSA) is 155 Å². The van der Waals surface area contributed by atoms with Crippen LogP contribution in [-0.4, -0.2) is 89.3 Å². The van der Waals surface area contributed by atoms with E-state index >= 15 is 0 Å². The number of ether oxygens (including phenoxy) is 2. The maximum absolute atomic E-state index is 10.7. The summed E-state index contributed by atoms with van der Waals surface area (Å²) in [5.74, 6) is -1.14. The zero-order chi connectivity index (χ0) is 22.9. The molecule has 0 radical (unpaired) electrons. The molecule has 4 N–H and O–H groups in total. The minimum Gasteiger partial charge on any atom is -0.467 e. The molecule has 12 nitrogen and oxygen atoms in total. The molecule has 0 aromatic rings. The molecule has 0 bridgehead atoms. The number of esters is 2. The van der Waals surface area contributed by atoms with E-state index < -0.39 is 30.1 Å². The van der Waals surface area contributed by atoms with Crippen molar-refractivity contribution in [3.05, 3.63) is 0 Å². The Bertz CT molecular complexity index is 512. The molecule has 2 atom stereocenters. The molecule has 0 spiro atoms. The van der Waals surface area contributed by atoms with Gasteiger partial charge in [-0.1, -0.05) is 0 Å². The van der Waals surface area contributed by atoms with Crippen LogP contribution in [0.25, 0.3) is 0 Å². The standard InChI is InChI=1S/C6H12N2O3.C6H11NO3.C4H10N2O/c1-4(5(9)11-3)8-6(10)7-2;1-4(6(9)10-3)7-5(2)8;1-5-4(7)6(2)3/h4H,1-3H3,(H2,7,8,10);4H,1-3H3,(H,7,8);1-3H3,(H,5,7). The minimum absolute atomic E-state index is 0.0694. The van der Waals surface area contributed by atoms with Crippen molar-refractivity contribution in [2.45, 2.75) is 32.9 Å². The number of rotatable bonds is 4. The van der Waals surface area contributed by atoms with Crippen LogP contribution in [0.5, 0.6) is 0 Å². The monoisotopic (exact) mass is 407 g/mol. The van der Waals surface area contributed by atoms with E-state index in [9.17, 15) is 24.0 Å². The lowest BCUT2D eigenvalue weighted by Gasteiger charge is -2.09. The van der Waals surface area contributed by atoms with Gasteiger partial charge in [0.15, 0.2) is 0 Å². The summed E-state index contributed by atoms with van der Waals surface area (Å²) >= 11 is 0. The average Bonchev–Trinajstić information content (AvgIpc) is 2.65. The van der Waals surface area contributed by atoms with Gasteiger partial charge in [-0.15, -0.1) is 0 Å². The van der Waals surface area contributed by atoms with Crippen molar-refractivity contribution in [1.82, 2.24) is 26.2 Å². The van der Waals surface area contributed by atoms with E-state index in [4.69, 9.17) is 0 Å². The number of urea groups is 2. The first kappa shape index (κ1) is 29.7. The summed E-state index contributed by atoms with van der Waals surface area (Å²) in [6.45, 7) is 4.45. The van der Waals surface area contributed by atoms with Gasteiger partial charge in [0.1, 0.15) is 12.1 Å². The molecule has 28 heavy (non-hydrogen) atoms. The summed E-state index contributed by atoms with van der Waals surface area (Å²) in [7, 11) is 9.00. The summed E-state index contributed by atoms with van der Waals surface area (Å²) in [4.78, 5) is 54.1. The first-order chi connectivity index (χ1) is 12.9. The van der Waals surface area contributed by atoms with E-state index in [1.54, 1.807) is 35.0 Å². The quantitative estimate of drug-likeness (QED) is 0.438. The Balaban J connectivity index is -0.000000343. The second-order valence-electron chi connectivity index (χ2n) is 5.36. The number of methoxy groups -OCH3 is 2. The van der Waals surface area contributed by atoms with Gasteiger partial charge in [0.05, 0.1) is 14.2 Å². The molecule has 0 aliphatic carbocycles. The highest BCUT2D eigenvalue weighted by atomic mass is 16.5. The zero-order valence-corrected chi connectivity index (χ0v) is 18.0. The van der Waals surface area contributed by atoms with Gasteiger partial charge in [-0.05, 0) is 13.8 Å². The van der Waals surface area contributed by atoms with Crippen LogP contribution in [0.1, 0.15) is 20.8 Å². The van der Waals surface area contributed by atoms with Crippen LogP contribution in [0.3, 0.4) is 0 Å². The SMILES string of the molecule is CNC(=O)N(C)C.CNC(=O)NC(C)C(=O)OC.COC(=O)C(C)NC(C)=O. The Morgan fingerprint density at radius 1 is 0.786 bits per heavy atom. The average molecular weight is 407 g/mol. The lowest BCUT2D eigenvalue weighted by Crippen LogP contribution is -2.43. The van der Waals surface area contributed by atoms with Crippen molar-refractivity contribution in [2.24, 2.45) is 0 Å². The highest BCUT2D eigenvalue weighted by Gasteiger charge is 2.14. The number of hydrogen-bond acceptors (Lipinski definition) is 7. The maximum Gasteiger partial charge on any atom is 0.328 e. The Labute approximate surface area is 165 Å². The summed E-state index contributed by atoms with van der Waals surface area (Å²) < 4.78 is 8.74. The van der Waals surface area contributed by atoms with Crippen molar-refractivity contribution in [3.63, 3.8) is 0 Å². The van der Waals surface area contributed by atoms with Gasteiger partial charge in [-0.2, -0.15) is 0 Å². The van der Waals surface area contributed by atoms with Gasteiger partial charge in [0.25, 0.3) is 0 Å². The van der Waals surface area contributed by atoms with E-state index in [0.29, 0.717) is 0 Å². The van der Waals surface area contributed by atoms with E-state index in [1.807, 2.05) is 0 Å². The highest BCUT2D eigenvalue weighted by Crippen LogP contribution is 1.85. The molecule has 0 aromatic heterocycles. The second kappa shape index (κ2) is 17.4. The van der Waals surface area contributed by atoms with Gasteiger partial charge >= 0.3 is 24.0 Å². The van der Waals surface area contributed by atoms with Crippen LogP contribution >= 0.6 is 0 Å². The molecule has 12 heteroatoms. The molecule has 0 saturated heterocycles. The first-order valence-electron chi connectivity index (χ1n) is 8.17. The minimum atomic E-state index is -0.611. The number of carbonyl (C=O) groups excluding carboxylic acids is 5. The highest BCUT2D eigenvalue weighted by molar-refractivity contribution is 5.83. The predicted octanol–water partition coefficient (Wildman–Crippen LogP) is -0.952. The Kier molecular flexibility index (Phi) is 18.4. The fourth-order valence-corrected chi connectivity index (χ4v) is 1.27. The smallest absolute Gasteiger partial charge is 0.328 e. The predicted molar refractivity (Wildman–Crippen MR) is 103 cm³/mol. The van der Waals surface area contributed by atoms with Gasteiger partial charge in [0.2, 0.25) is 5.91 Å². The molecule has 164 valence electrons. The molecule has 5 amide bonds. The summed E-state index contributed by atoms with van der Waals surface area (Å²) in [6.07, 6.45) is 0.